The number of benzene rings is 3. The molecule has 0 aromatic heterocycles. The Morgan fingerprint density at radius 2 is 1.60 bits per heavy atom. The summed E-state index contributed by atoms with van der Waals surface area (Å²) in [7, 11) is 0. The highest BCUT2D eigenvalue weighted by Crippen LogP contribution is 2.35. The molecule has 4 rings (SSSR count). The van der Waals surface area contributed by atoms with Gasteiger partial charge >= 0.3 is 0 Å². The molecule has 0 unspecified atom stereocenters. The number of para-hydroxylation sites is 1. The van der Waals surface area contributed by atoms with Crippen LogP contribution in [0.2, 0.25) is 0 Å². The first-order valence-corrected chi connectivity index (χ1v) is 8.49. The summed E-state index contributed by atoms with van der Waals surface area (Å²) in [5.41, 5.74) is 3.14. The van der Waals surface area contributed by atoms with E-state index < -0.39 is 6.10 Å². The number of hydrogen-bond acceptors (Lipinski definition) is 3. The van der Waals surface area contributed by atoms with Crippen LogP contribution in [-0.2, 0) is 13.0 Å². The van der Waals surface area contributed by atoms with Crippen LogP contribution in [0.5, 0.6) is 11.5 Å². The third-order valence-corrected chi connectivity index (χ3v) is 4.46. The maximum atomic E-state index is 10.4. The lowest BCUT2D eigenvalue weighted by Gasteiger charge is -2.30. The maximum absolute atomic E-state index is 10.4. The summed E-state index contributed by atoms with van der Waals surface area (Å²) >= 11 is 0. The molecule has 0 amide bonds. The first-order chi connectivity index (χ1) is 12.3. The Bertz CT molecular complexity index is 827. The van der Waals surface area contributed by atoms with Crippen molar-refractivity contribution >= 4 is 0 Å². The Hall–Kier alpha value is -2.78. The molecule has 3 nitrogen and oxygen atoms in total. The monoisotopic (exact) mass is 332 g/mol. The van der Waals surface area contributed by atoms with Crippen LogP contribution in [0.4, 0.5) is 0 Å². The second-order valence-electron chi connectivity index (χ2n) is 6.26. The van der Waals surface area contributed by atoms with Gasteiger partial charge in [-0.3, -0.25) is 0 Å². The highest BCUT2D eigenvalue weighted by molar-refractivity contribution is 5.38. The molecule has 3 heteroatoms. The molecule has 0 saturated carbocycles. The number of hydrogen-bond donors (Lipinski definition) is 1. The zero-order chi connectivity index (χ0) is 17.1. The second kappa shape index (κ2) is 6.99. The van der Waals surface area contributed by atoms with Crippen LogP contribution in [0, 0.1) is 0 Å². The highest BCUT2D eigenvalue weighted by atomic mass is 16.5. The van der Waals surface area contributed by atoms with Gasteiger partial charge in [0.2, 0.25) is 0 Å². The molecule has 1 heterocycles. The van der Waals surface area contributed by atoms with E-state index in [1.165, 1.54) is 0 Å². The van der Waals surface area contributed by atoms with E-state index in [1.807, 2.05) is 78.9 Å². The van der Waals surface area contributed by atoms with Gasteiger partial charge in [0, 0.05) is 6.42 Å². The normalized spacial score (nSPS) is 18.9. The number of rotatable bonds is 4. The zero-order valence-electron chi connectivity index (χ0n) is 13.8. The molecule has 1 aliphatic heterocycles. The Morgan fingerprint density at radius 3 is 2.40 bits per heavy atom. The van der Waals surface area contributed by atoms with E-state index in [2.05, 4.69) is 0 Å². The molecule has 3 aromatic carbocycles. The molecule has 2 atom stereocenters. The predicted molar refractivity (Wildman–Crippen MR) is 96.7 cm³/mol. The van der Waals surface area contributed by atoms with E-state index in [4.69, 9.17) is 9.47 Å². The van der Waals surface area contributed by atoms with Crippen molar-refractivity contribution in [1.29, 1.82) is 0 Å². The van der Waals surface area contributed by atoms with Crippen molar-refractivity contribution in [2.45, 2.75) is 25.2 Å². The molecule has 25 heavy (non-hydrogen) atoms. The SMILES string of the molecule is O[C@H]1Cc2ccccc2O[C@@H]1c1ccc(OCc2ccccc2)cc1. The smallest absolute Gasteiger partial charge is 0.150 e. The van der Waals surface area contributed by atoms with Gasteiger partial charge in [-0.25, -0.2) is 0 Å². The van der Waals surface area contributed by atoms with Gasteiger partial charge in [0.15, 0.2) is 0 Å². The van der Waals surface area contributed by atoms with Crippen molar-refractivity contribution in [3.63, 3.8) is 0 Å². The van der Waals surface area contributed by atoms with Gasteiger partial charge in [0.1, 0.15) is 24.2 Å². The molecular formula is C22H20O3. The molecule has 3 aromatic rings. The van der Waals surface area contributed by atoms with Gasteiger partial charge in [-0.2, -0.15) is 0 Å². The molecule has 0 fully saturated rings. The minimum absolute atomic E-state index is 0.349. The summed E-state index contributed by atoms with van der Waals surface area (Å²) in [4.78, 5) is 0. The molecule has 0 radical (unpaired) electrons. The fraction of sp³-hybridized carbons (Fsp3) is 0.182. The number of ether oxygens (including phenoxy) is 2. The van der Waals surface area contributed by atoms with Gasteiger partial charge in [0.25, 0.3) is 0 Å². The van der Waals surface area contributed by atoms with Crippen molar-refractivity contribution in [3.05, 3.63) is 95.6 Å². The quantitative estimate of drug-likeness (QED) is 0.774. The van der Waals surface area contributed by atoms with Crippen molar-refractivity contribution in [2.24, 2.45) is 0 Å². The van der Waals surface area contributed by atoms with E-state index in [1.54, 1.807) is 0 Å². The Kier molecular flexibility index (Phi) is 4.40. The van der Waals surface area contributed by atoms with Crippen LogP contribution in [0.25, 0.3) is 0 Å². The summed E-state index contributed by atoms with van der Waals surface area (Å²) in [5.74, 6) is 1.65. The molecule has 0 spiro atoms. The van der Waals surface area contributed by atoms with Crippen LogP contribution < -0.4 is 9.47 Å². The minimum Gasteiger partial charge on any atom is -0.489 e. The van der Waals surface area contributed by atoms with Crippen LogP contribution >= 0.6 is 0 Å². The first kappa shape index (κ1) is 15.7. The molecule has 0 saturated heterocycles. The minimum atomic E-state index is -0.550. The zero-order valence-corrected chi connectivity index (χ0v) is 13.8. The van der Waals surface area contributed by atoms with Gasteiger partial charge < -0.3 is 14.6 Å². The summed E-state index contributed by atoms with van der Waals surface area (Å²) in [6.45, 7) is 0.538. The number of fused-ring (bicyclic) bond motifs is 1. The molecule has 126 valence electrons. The van der Waals surface area contributed by atoms with Crippen LogP contribution in [0.3, 0.4) is 0 Å². The fourth-order valence-electron chi connectivity index (χ4n) is 3.12. The van der Waals surface area contributed by atoms with Gasteiger partial charge in [-0.05, 0) is 34.9 Å². The lowest BCUT2D eigenvalue weighted by atomic mass is 9.95. The van der Waals surface area contributed by atoms with Crippen LogP contribution in [0.15, 0.2) is 78.9 Å². The molecule has 0 aliphatic carbocycles. The Labute approximate surface area is 147 Å². The van der Waals surface area contributed by atoms with Gasteiger partial charge in [-0.1, -0.05) is 60.7 Å². The van der Waals surface area contributed by atoms with Crippen molar-refractivity contribution in [1.82, 2.24) is 0 Å². The van der Waals surface area contributed by atoms with E-state index in [-0.39, 0.29) is 6.10 Å². The Morgan fingerprint density at radius 1 is 0.880 bits per heavy atom. The van der Waals surface area contributed by atoms with E-state index >= 15 is 0 Å². The van der Waals surface area contributed by atoms with Crippen LogP contribution in [-0.4, -0.2) is 11.2 Å². The second-order valence-corrected chi connectivity index (χ2v) is 6.26. The lowest BCUT2D eigenvalue weighted by molar-refractivity contribution is 0.0208. The molecular weight excluding hydrogens is 312 g/mol. The average Bonchev–Trinajstić information content (AvgIpc) is 2.67. The summed E-state index contributed by atoms with van der Waals surface area (Å²) in [6, 6.07) is 25.7. The molecule has 1 aliphatic rings. The predicted octanol–water partition coefficient (Wildman–Crippen LogP) is 4.30. The third kappa shape index (κ3) is 3.52. The fourth-order valence-corrected chi connectivity index (χ4v) is 3.12. The summed E-state index contributed by atoms with van der Waals surface area (Å²) < 4.78 is 11.8. The van der Waals surface area contributed by atoms with E-state index in [9.17, 15) is 5.11 Å². The van der Waals surface area contributed by atoms with Crippen LogP contribution in [0.1, 0.15) is 22.8 Å². The lowest BCUT2D eigenvalue weighted by Crippen LogP contribution is -2.30. The van der Waals surface area contributed by atoms with E-state index in [0.29, 0.717) is 13.0 Å². The Balaban J connectivity index is 1.45. The largest absolute Gasteiger partial charge is 0.489 e. The van der Waals surface area contributed by atoms with Gasteiger partial charge in [0.05, 0.1) is 6.10 Å². The molecule has 0 bridgehead atoms. The van der Waals surface area contributed by atoms with Crippen molar-refractivity contribution < 1.29 is 14.6 Å². The number of aliphatic hydroxyl groups excluding tert-OH is 1. The van der Waals surface area contributed by atoms with E-state index in [0.717, 1.165) is 28.2 Å². The topological polar surface area (TPSA) is 38.7 Å². The standard InChI is InChI=1S/C22H20O3/c23-20-14-18-8-4-5-9-21(18)25-22(20)17-10-12-19(13-11-17)24-15-16-6-2-1-3-7-16/h1-13,20,22-23H,14-15H2/t20-,22+/m0/s1. The highest BCUT2D eigenvalue weighted by Gasteiger charge is 2.29. The van der Waals surface area contributed by atoms with Gasteiger partial charge in [-0.15, -0.1) is 0 Å². The van der Waals surface area contributed by atoms with Crippen molar-refractivity contribution in [2.75, 3.05) is 0 Å². The average molecular weight is 332 g/mol. The first-order valence-electron chi connectivity index (χ1n) is 8.49. The molecule has 1 N–H and O–H groups in total. The maximum Gasteiger partial charge on any atom is 0.150 e. The summed E-state index contributed by atoms with van der Waals surface area (Å²) in [6.07, 6.45) is -0.295. The van der Waals surface area contributed by atoms with Crippen molar-refractivity contribution in [3.8, 4) is 11.5 Å². The number of aliphatic hydroxyl groups is 1. The summed E-state index contributed by atoms with van der Waals surface area (Å²) in [5, 5.41) is 10.4. The third-order valence-electron chi connectivity index (χ3n) is 4.46.